The Balaban J connectivity index is 0.00000144. The maximum Gasteiger partial charge on any atom is 0.234 e. The molecule has 1 aliphatic rings. The molecule has 1 aromatic heterocycles. The predicted octanol–water partition coefficient (Wildman–Crippen LogP) is 1.02. The van der Waals surface area contributed by atoms with Crippen LogP contribution in [0, 0.1) is 12.8 Å². The molecule has 6 heteroatoms. The summed E-state index contributed by atoms with van der Waals surface area (Å²) in [6.45, 7) is 3.59. The van der Waals surface area contributed by atoms with Crippen molar-refractivity contribution in [2.45, 2.75) is 26.3 Å². The van der Waals surface area contributed by atoms with Gasteiger partial charge in [-0.25, -0.2) is 0 Å². The molecule has 0 aliphatic heterocycles. The number of aryl methyl sites for hydroxylation is 1. The molecule has 2 rings (SSSR count). The summed E-state index contributed by atoms with van der Waals surface area (Å²) in [6.07, 6.45) is 2.60. The molecule has 2 N–H and O–H groups in total. The second kappa shape index (κ2) is 6.61. The molecule has 1 amide bonds. The smallest absolute Gasteiger partial charge is 0.234 e. The van der Waals surface area contributed by atoms with Crippen molar-refractivity contribution in [2.24, 2.45) is 5.92 Å². The van der Waals surface area contributed by atoms with Crippen LogP contribution in [0.25, 0.3) is 0 Å². The average molecular weight is 260 g/mol. The topological polar surface area (TPSA) is 67.2 Å². The molecule has 0 spiro atoms. The highest BCUT2D eigenvalue weighted by Crippen LogP contribution is 2.27. The maximum atomic E-state index is 11.4. The fourth-order valence-corrected chi connectivity index (χ4v) is 1.46. The monoisotopic (exact) mass is 259 g/mol. The number of rotatable bonds is 6. The largest absolute Gasteiger partial charge is 0.359 e. The lowest BCUT2D eigenvalue weighted by molar-refractivity contribution is -0.120. The third-order valence-electron chi connectivity index (χ3n) is 2.55. The molecule has 1 heterocycles. The van der Waals surface area contributed by atoms with Crippen molar-refractivity contribution < 1.29 is 9.32 Å². The summed E-state index contributed by atoms with van der Waals surface area (Å²) in [6, 6.07) is 1.82. The third kappa shape index (κ3) is 5.19. The maximum absolute atomic E-state index is 11.4. The second-order valence-electron chi connectivity index (χ2n) is 4.29. The number of halogens is 1. The summed E-state index contributed by atoms with van der Waals surface area (Å²) in [5.74, 6) is 1.48. The normalized spacial score (nSPS) is 14.2. The van der Waals surface area contributed by atoms with Gasteiger partial charge >= 0.3 is 0 Å². The molecule has 1 fully saturated rings. The van der Waals surface area contributed by atoms with Crippen LogP contribution in [0.2, 0.25) is 0 Å². The van der Waals surface area contributed by atoms with Gasteiger partial charge in [-0.2, -0.15) is 0 Å². The van der Waals surface area contributed by atoms with Gasteiger partial charge in [0.2, 0.25) is 5.91 Å². The molecule has 17 heavy (non-hydrogen) atoms. The van der Waals surface area contributed by atoms with Crippen LogP contribution in [0.5, 0.6) is 0 Å². The van der Waals surface area contributed by atoms with Gasteiger partial charge in [0, 0.05) is 6.07 Å². The van der Waals surface area contributed by atoms with Crippen molar-refractivity contribution in [1.82, 2.24) is 15.8 Å². The van der Waals surface area contributed by atoms with Crippen LogP contribution in [0.3, 0.4) is 0 Å². The molecule has 1 aromatic rings. The zero-order valence-corrected chi connectivity index (χ0v) is 10.7. The molecule has 0 saturated heterocycles. The highest BCUT2D eigenvalue weighted by Gasteiger charge is 2.20. The molecule has 96 valence electrons. The predicted molar refractivity (Wildman–Crippen MR) is 65.9 cm³/mol. The van der Waals surface area contributed by atoms with Crippen molar-refractivity contribution in [3.8, 4) is 0 Å². The van der Waals surface area contributed by atoms with E-state index >= 15 is 0 Å². The molecule has 0 unspecified atom stereocenters. The summed E-state index contributed by atoms with van der Waals surface area (Å²) in [5, 5.41) is 9.65. The molecule has 0 radical (unpaired) electrons. The summed E-state index contributed by atoms with van der Waals surface area (Å²) in [5.41, 5.74) is 0.830. The van der Waals surface area contributed by atoms with Crippen LogP contribution < -0.4 is 10.6 Å². The van der Waals surface area contributed by atoms with E-state index < -0.39 is 0 Å². The lowest BCUT2D eigenvalue weighted by atomic mass is 10.4. The number of carbonyl (C=O) groups is 1. The third-order valence-corrected chi connectivity index (χ3v) is 2.55. The van der Waals surface area contributed by atoms with Gasteiger partial charge in [-0.3, -0.25) is 4.79 Å². The van der Waals surface area contributed by atoms with Crippen molar-refractivity contribution in [3.63, 3.8) is 0 Å². The summed E-state index contributed by atoms with van der Waals surface area (Å²) in [4.78, 5) is 11.4. The quantitative estimate of drug-likeness (QED) is 0.801. The van der Waals surface area contributed by atoms with E-state index in [1.165, 1.54) is 12.8 Å². The zero-order chi connectivity index (χ0) is 11.4. The van der Waals surface area contributed by atoms with Gasteiger partial charge in [0.15, 0.2) is 5.76 Å². The minimum Gasteiger partial charge on any atom is -0.359 e. The van der Waals surface area contributed by atoms with Gasteiger partial charge in [0.1, 0.15) is 0 Å². The SMILES string of the molecule is Cc1cc(CNC(=O)CNCC2CC2)on1.Cl. The molecular weight excluding hydrogens is 242 g/mol. The van der Waals surface area contributed by atoms with Crippen molar-refractivity contribution in [3.05, 3.63) is 17.5 Å². The van der Waals surface area contributed by atoms with E-state index in [0.717, 1.165) is 18.2 Å². The number of hydrogen-bond donors (Lipinski definition) is 2. The van der Waals surface area contributed by atoms with E-state index in [1.807, 2.05) is 13.0 Å². The zero-order valence-electron chi connectivity index (χ0n) is 9.86. The fourth-order valence-electron chi connectivity index (χ4n) is 1.46. The number of nitrogens with zero attached hydrogens (tertiary/aromatic N) is 1. The summed E-state index contributed by atoms with van der Waals surface area (Å²) < 4.78 is 4.98. The Morgan fingerprint density at radius 3 is 2.94 bits per heavy atom. The Morgan fingerprint density at radius 1 is 1.59 bits per heavy atom. The Bertz CT molecular complexity index is 363. The molecule has 0 bridgehead atoms. The highest BCUT2D eigenvalue weighted by atomic mass is 35.5. The van der Waals surface area contributed by atoms with Crippen LogP contribution in [0.1, 0.15) is 24.3 Å². The van der Waals surface area contributed by atoms with Crippen LogP contribution in [-0.2, 0) is 11.3 Å². The number of amides is 1. The van der Waals surface area contributed by atoms with Crippen molar-refractivity contribution in [2.75, 3.05) is 13.1 Å². The molecule has 0 atom stereocenters. The minimum atomic E-state index is -0.00490. The highest BCUT2D eigenvalue weighted by molar-refractivity contribution is 5.85. The Labute approximate surface area is 107 Å². The van der Waals surface area contributed by atoms with Gasteiger partial charge in [-0.1, -0.05) is 5.16 Å². The molecule has 0 aromatic carbocycles. The van der Waals surface area contributed by atoms with Crippen LogP contribution in [0.15, 0.2) is 10.6 Å². The fraction of sp³-hybridized carbons (Fsp3) is 0.636. The van der Waals surface area contributed by atoms with Crippen LogP contribution in [-0.4, -0.2) is 24.2 Å². The van der Waals surface area contributed by atoms with E-state index in [4.69, 9.17) is 4.52 Å². The van der Waals surface area contributed by atoms with Crippen molar-refractivity contribution in [1.29, 1.82) is 0 Å². The average Bonchev–Trinajstić information content (AvgIpc) is 2.98. The van der Waals surface area contributed by atoms with E-state index in [1.54, 1.807) is 0 Å². The first kappa shape index (κ1) is 14.0. The van der Waals surface area contributed by atoms with E-state index in [0.29, 0.717) is 18.8 Å². The molecule has 5 nitrogen and oxygen atoms in total. The Kier molecular flexibility index (Phi) is 5.44. The number of carbonyl (C=O) groups excluding carboxylic acids is 1. The Morgan fingerprint density at radius 2 is 2.35 bits per heavy atom. The molecular formula is C11H18ClN3O2. The first-order valence-corrected chi connectivity index (χ1v) is 5.63. The first-order chi connectivity index (χ1) is 7.74. The van der Waals surface area contributed by atoms with Gasteiger partial charge in [-0.05, 0) is 32.2 Å². The van der Waals surface area contributed by atoms with Crippen LogP contribution >= 0.6 is 12.4 Å². The second-order valence-corrected chi connectivity index (χ2v) is 4.29. The lowest BCUT2D eigenvalue weighted by Crippen LogP contribution is -2.34. The van der Waals surface area contributed by atoms with E-state index in [2.05, 4.69) is 15.8 Å². The van der Waals surface area contributed by atoms with Gasteiger partial charge in [0.25, 0.3) is 0 Å². The Hall–Kier alpha value is -1.07. The van der Waals surface area contributed by atoms with E-state index in [-0.39, 0.29) is 18.3 Å². The van der Waals surface area contributed by atoms with Crippen molar-refractivity contribution >= 4 is 18.3 Å². The summed E-state index contributed by atoms with van der Waals surface area (Å²) in [7, 11) is 0. The van der Waals surface area contributed by atoms with Crippen LogP contribution in [0.4, 0.5) is 0 Å². The van der Waals surface area contributed by atoms with Gasteiger partial charge < -0.3 is 15.2 Å². The summed E-state index contributed by atoms with van der Waals surface area (Å²) >= 11 is 0. The molecule has 1 saturated carbocycles. The number of hydrogen-bond acceptors (Lipinski definition) is 4. The van der Waals surface area contributed by atoms with Gasteiger partial charge in [0.05, 0.1) is 18.8 Å². The standard InChI is InChI=1S/C11H17N3O2.ClH/c1-8-4-10(16-14-8)6-13-11(15)7-12-5-9-2-3-9;/h4,9,12H,2-3,5-7H2,1H3,(H,13,15);1H. The number of nitrogens with one attached hydrogen (secondary N) is 2. The lowest BCUT2D eigenvalue weighted by Gasteiger charge is -2.03. The van der Waals surface area contributed by atoms with Gasteiger partial charge in [-0.15, -0.1) is 12.4 Å². The first-order valence-electron chi connectivity index (χ1n) is 5.63. The molecule has 1 aliphatic carbocycles. The number of aromatic nitrogens is 1. The minimum absolute atomic E-state index is 0. The van der Waals surface area contributed by atoms with E-state index in [9.17, 15) is 4.79 Å².